The summed E-state index contributed by atoms with van der Waals surface area (Å²) in [7, 11) is 5.40. The molecule has 0 amide bonds. The zero-order chi connectivity index (χ0) is 10.6. The van der Waals surface area contributed by atoms with Gasteiger partial charge >= 0.3 is 5.97 Å². The van der Waals surface area contributed by atoms with E-state index in [4.69, 9.17) is 0 Å². The van der Waals surface area contributed by atoms with Gasteiger partial charge in [0.1, 0.15) is 0 Å². The van der Waals surface area contributed by atoms with Crippen LogP contribution in [0, 0.1) is 5.41 Å². The predicted octanol–water partition coefficient (Wildman–Crippen LogP) is 1.53. The molecule has 0 aliphatic rings. The summed E-state index contributed by atoms with van der Waals surface area (Å²) < 4.78 is 4.66. The number of nitrogens with zero attached hydrogens (tertiary/aromatic N) is 1. The van der Waals surface area contributed by atoms with Gasteiger partial charge in [-0.3, -0.25) is 4.79 Å². The fraction of sp³-hybridized carbons (Fsp3) is 0.900. The van der Waals surface area contributed by atoms with E-state index in [1.54, 1.807) is 0 Å². The molecule has 0 aliphatic carbocycles. The molecule has 1 atom stereocenters. The molecule has 0 N–H and O–H groups in total. The van der Waals surface area contributed by atoms with Crippen LogP contribution in [0.15, 0.2) is 0 Å². The molecule has 0 fully saturated rings. The number of esters is 1. The van der Waals surface area contributed by atoms with Gasteiger partial charge in [0.15, 0.2) is 0 Å². The minimum atomic E-state index is -0.145. The third-order valence-corrected chi connectivity index (χ3v) is 2.21. The molecule has 0 spiro atoms. The van der Waals surface area contributed by atoms with Crippen LogP contribution >= 0.6 is 0 Å². The monoisotopic (exact) mass is 187 g/mol. The number of carbonyl (C=O) groups excluding carboxylic acids is 1. The summed E-state index contributed by atoms with van der Waals surface area (Å²) in [6, 6.07) is 0.222. The lowest BCUT2D eigenvalue weighted by Crippen LogP contribution is -2.41. The standard InChI is InChI=1S/C10H21NO2/c1-10(2,3)8(11(4)5)7-9(12)13-6/h8H,7H2,1-6H3. The van der Waals surface area contributed by atoms with E-state index >= 15 is 0 Å². The number of methoxy groups -OCH3 is 1. The fourth-order valence-electron chi connectivity index (χ4n) is 1.50. The number of rotatable bonds is 3. The Morgan fingerprint density at radius 3 is 2.08 bits per heavy atom. The second-order valence-corrected chi connectivity index (χ2v) is 4.63. The van der Waals surface area contributed by atoms with Crippen LogP contribution in [0.2, 0.25) is 0 Å². The number of ether oxygens (including phenoxy) is 1. The van der Waals surface area contributed by atoms with Crippen molar-refractivity contribution >= 4 is 5.97 Å². The number of hydrogen-bond donors (Lipinski definition) is 0. The van der Waals surface area contributed by atoms with E-state index in [1.165, 1.54) is 7.11 Å². The molecule has 0 saturated carbocycles. The Kier molecular flexibility index (Phi) is 4.40. The van der Waals surface area contributed by atoms with Gasteiger partial charge in [0.2, 0.25) is 0 Å². The van der Waals surface area contributed by atoms with E-state index in [9.17, 15) is 4.79 Å². The zero-order valence-electron chi connectivity index (χ0n) is 9.55. The maximum Gasteiger partial charge on any atom is 0.307 e. The van der Waals surface area contributed by atoms with Crippen LogP contribution in [0.4, 0.5) is 0 Å². The van der Waals surface area contributed by atoms with Gasteiger partial charge in [0.25, 0.3) is 0 Å². The van der Waals surface area contributed by atoms with Crippen LogP contribution < -0.4 is 0 Å². The SMILES string of the molecule is COC(=O)CC(N(C)C)C(C)(C)C. The molecule has 0 saturated heterocycles. The highest BCUT2D eigenvalue weighted by Crippen LogP contribution is 2.25. The summed E-state index contributed by atoms with van der Waals surface area (Å²) in [5, 5.41) is 0. The molecule has 0 aromatic heterocycles. The van der Waals surface area contributed by atoms with Gasteiger partial charge in [0.05, 0.1) is 13.5 Å². The molecule has 0 aromatic rings. The highest BCUT2D eigenvalue weighted by atomic mass is 16.5. The minimum Gasteiger partial charge on any atom is -0.469 e. The Bertz CT molecular complexity index is 170. The smallest absolute Gasteiger partial charge is 0.307 e. The van der Waals surface area contributed by atoms with Gasteiger partial charge in [-0.1, -0.05) is 20.8 Å². The average Bonchev–Trinajstić information content (AvgIpc) is 1.96. The number of hydrogen-bond acceptors (Lipinski definition) is 3. The molecule has 0 rings (SSSR count). The van der Waals surface area contributed by atoms with Crippen molar-refractivity contribution < 1.29 is 9.53 Å². The largest absolute Gasteiger partial charge is 0.469 e. The Hall–Kier alpha value is -0.570. The Morgan fingerprint density at radius 1 is 1.38 bits per heavy atom. The van der Waals surface area contributed by atoms with E-state index in [0.29, 0.717) is 6.42 Å². The minimum absolute atomic E-state index is 0.0949. The van der Waals surface area contributed by atoms with Crippen LogP contribution in [-0.2, 0) is 9.53 Å². The van der Waals surface area contributed by atoms with Crippen molar-refractivity contribution in [2.45, 2.75) is 33.2 Å². The van der Waals surface area contributed by atoms with Crippen molar-refractivity contribution in [3.8, 4) is 0 Å². The first kappa shape index (κ1) is 12.4. The van der Waals surface area contributed by atoms with Crippen LogP contribution in [0.25, 0.3) is 0 Å². The summed E-state index contributed by atoms with van der Waals surface area (Å²) >= 11 is 0. The summed E-state index contributed by atoms with van der Waals surface area (Å²) in [4.78, 5) is 13.2. The van der Waals surface area contributed by atoms with Gasteiger partial charge in [-0.05, 0) is 19.5 Å². The zero-order valence-corrected chi connectivity index (χ0v) is 9.55. The summed E-state index contributed by atoms with van der Waals surface area (Å²) in [5.41, 5.74) is 0.0949. The molecule has 13 heavy (non-hydrogen) atoms. The van der Waals surface area contributed by atoms with Crippen molar-refractivity contribution in [1.29, 1.82) is 0 Å². The maximum atomic E-state index is 11.1. The molecule has 0 heterocycles. The first-order chi connectivity index (χ1) is 5.79. The van der Waals surface area contributed by atoms with Crippen molar-refractivity contribution in [3.63, 3.8) is 0 Å². The molecule has 0 aliphatic heterocycles. The molecule has 78 valence electrons. The third-order valence-electron chi connectivity index (χ3n) is 2.21. The van der Waals surface area contributed by atoms with Gasteiger partial charge in [0, 0.05) is 6.04 Å². The van der Waals surface area contributed by atoms with Gasteiger partial charge in [-0.2, -0.15) is 0 Å². The Morgan fingerprint density at radius 2 is 1.85 bits per heavy atom. The molecular weight excluding hydrogens is 166 g/mol. The normalized spacial score (nSPS) is 14.4. The first-order valence-electron chi connectivity index (χ1n) is 4.52. The average molecular weight is 187 g/mol. The van der Waals surface area contributed by atoms with Gasteiger partial charge < -0.3 is 9.64 Å². The molecule has 0 radical (unpaired) electrons. The predicted molar refractivity (Wildman–Crippen MR) is 53.6 cm³/mol. The Labute approximate surface area is 81.1 Å². The van der Waals surface area contributed by atoms with Crippen molar-refractivity contribution in [3.05, 3.63) is 0 Å². The molecule has 0 aromatic carbocycles. The molecule has 0 bridgehead atoms. The van der Waals surface area contributed by atoms with Crippen molar-refractivity contribution in [2.75, 3.05) is 21.2 Å². The molecule has 3 nitrogen and oxygen atoms in total. The van der Waals surface area contributed by atoms with Crippen LogP contribution in [-0.4, -0.2) is 38.1 Å². The first-order valence-corrected chi connectivity index (χ1v) is 4.52. The van der Waals surface area contributed by atoms with E-state index in [2.05, 4.69) is 30.4 Å². The Balaban J connectivity index is 4.36. The fourth-order valence-corrected chi connectivity index (χ4v) is 1.50. The van der Waals surface area contributed by atoms with Crippen molar-refractivity contribution in [2.24, 2.45) is 5.41 Å². The lowest BCUT2D eigenvalue weighted by molar-refractivity contribution is -0.142. The third kappa shape index (κ3) is 4.27. The summed E-state index contributed by atoms with van der Waals surface area (Å²) in [6.45, 7) is 6.38. The van der Waals surface area contributed by atoms with E-state index in [0.717, 1.165) is 0 Å². The highest BCUT2D eigenvalue weighted by Gasteiger charge is 2.28. The van der Waals surface area contributed by atoms with Crippen molar-refractivity contribution in [1.82, 2.24) is 4.90 Å². The number of carbonyl (C=O) groups is 1. The highest BCUT2D eigenvalue weighted by molar-refractivity contribution is 5.70. The van der Waals surface area contributed by atoms with E-state index in [1.807, 2.05) is 14.1 Å². The summed E-state index contributed by atoms with van der Waals surface area (Å²) in [6.07, 6.45) is 0.451. The topological polar surface area (TPSA) is 29.5 Å². The van der Waals surface area contributed by atoms with Gasteiger partial charge in [-0.15, -0.1) is 0 Å². The molecule has 1 unspecified atom stereocenters. The van der Waals surface area contributed by atoms with Gasteiger partial charge in [-0.25, -0.2) is 0 Å². The van der Waals surface area contributed by atoms with Crippen LogP contribution in [0.1, 0.15) is 27.2 Å². The van der Waals surface area contributed by atoms with Crippen LogP contribution in [0.3, 0.4) is 0 Å². The van der Waals surface area contributed by atoms with E-state index in [-0.39, 0.29) is 17.4 Å². The molecule has 3 heteroatoms. The quantitative estimate of drug-likeness (QED) is 0.627. The lowest BCUT2D eigenvalue weighted by atomic mass is 9.84. The second kappa shape index (κ2) is 4.61. The van der Waals surface area contributed by atoms with Crippen LogP contribution in [0.5, 0.6) is 0 Å². The maximum absolute atomic E-state index is 11.1. The van der Waals surface area contributed by atoms with E-state index < -0.39 is 0 Å². The molecular formula is C10H21NO2. The second-order valence-electron chi connectivity index (χ2n) is 4.63. The lowest BCUT2D eigenvalue weighted by Gasteiger charge is -2.35. The summed E-state index contributed by atoms with van der Waals surface area (Å²) in [5.74, 6) is -0.145.